The molecule has 0 aromatic heterocycles. The van der Waals surface area contributed by atoms with Gasteiger partial charge in [-0.15, -0.1) is 0 Å². The fourth-order valence-corrected chi connectivity index (χ4v) is 1.56. The first-order valence-corrected chi connectivity index (χ1v) is 5.85. The van der Waals surface area contributed by atoms with Crippen LogP contribution in [0.2, 0.25) is 0 Å². The van der Waals surface area contributed by atoms with Gasteiger partial charge >= 0.3 is 0 Å². The number of nitrogens with zero attached hydrogens (tertiary/aromatic N) is 1. The molecule has 0 saturated heterocycles. The maximum Gasteiger partial charge on any atom is 0.270 e. The van der Waals surface area contributed by atoms with Crippen LogP contribution in [0.4, 0.5) is 5.69 Å². The summed E-state index contributed by atoms with van der Waals surface area (Å²) in [5.74, 6) is 0. The number of non-ortho nitro benzene ring substituents is 1. The molecule has 0 aliphatic heterocycles. The first-order chi connectivity index (χ1) is 6.82. The van der Waals surface area contributed by atoms with Crippen LogP contribution >= 0.6 is 0 Å². The van der Waals surface area contributed by atoms with Crippen molar-refractivity contribution in [2.45, 2.75) is 0 Å². The number of hydrogen-bond donors (Lipinski definition) is 0. The number of nitro groups is 1. The van der Waals surface area contributed by atoms with Crippen molar-refractivity contribution < 1.29 is 13.3 Å². The summed E-state index contributed by atoms with van der Waals surface area (Å²) in [6, 6.07) is 5.36. The number of sulfone groups is 1. The third kappa shape index (κ3) is 2.63. The third-order valence-corrected chi connectivity index (χ3v) is 2.96. The van der Waals surface area contributed by atoms with Gasteiger partial charge in [0.25, 0.3) is 5.69 Å². The van der Waals surface area contributed by atoms with Crippen molar-refractivity contribution in [2.24, 2.45) is 0 Å². The van der Waals surface area contributed by atoms with Crippen LogP contribution in [0.3, 0.4) is 0 Å². The van der Waals surface area contributed by atoms with Crippen molar-refractivity contribution in [1.29, 1.82) is 0 Å². The molecule has 0 radical (unpaired) electrons. The van der Waals surface area contributed by atoms with Gasteiger partial charge in [0.15, 0.2) is 9.84 Å². The molecule has 1 rings (SSSR count). The second-order valence-corrected chi connectivity index (χ2v) is 5.04. The van der Waals surface area contributed by atoms with Gasteiger partial charge in [0.2, 0.25) is 0 Å². The highest BCUT2D eigenvalue weighted by Gasteiger charge is 2.14. The first-order valence-electron chi connectivity index (χ1n) is 3.96. The van der Waals surface area contributed by atoms with Gasteiger partial charge < -0.3 is 0 Å². The number of hydrogen-bond acceptors (Lipinski definition) is 4. The lowest BCUT2D eigenvalue weighted by Gasteiger charge is -2.02. The normalized spacial score (nSPS) is 11.0. The van der Waals surface area contributed by atoms with Crippen LogP contribution in [0, 0.1) is 10.1 Å². The zero-order valence-electron chi connectivity index (χ0n) is 8.00. The Morgan fingerprint density at radius 3 is 2.53 bits per heavy atom. The highest BCUT2D eigenvalue weighted by Crippen LogP contribution is 2.22. The van der Waals surface area contributed by atoms with E-state index in [0.717, 1.165) is 6.26 Å². The standard InChI is InChI=1S/C9H9NO4S/c1-7(15(2,13)14)8-4-3-5-9(6-8)10(11)12/h3-6H,1H2,2H3. The van der Waals surface area contributed by atoms with E-state index >= 15 is 0 Å². The van der Waals surface area contributed by atoms with Crippen molar-refractivity contribution in [1.82, 2.24) is 0 Å². The lowest BCUT2D eigenvalue weighted by Crippen LogP contribution is -1.99. The summed E-state index contributed by atoms with van der Waals surface area (Å²) in [5, 5.41) is 10.5. The van der Waals surface area contributed by atoms with E-state index in [1.165, 1.54) is 24.3 Å². The first kappa shape index (κ1) is 11.4. The van der Waals surface area contributed by atoms with Gasteiger partial charge in [-0.05, 0) is 5.56 Å². The summed E-state index contributed by atoms with van der Waals surface area (Å²) in [4.78, 5) is 9.75. The van der Waals surface area contributed by atoms with Crippen molar-refractivity contribution >= 4 is 20.4 Å². The molecule has 0 aliphatic rings. The molecular formula is C9H9NO4S. The molecule has 0 spiro atoms. The molecule has 0 amide bonds. The Morgan fingerprint density at radius 1 is 1.47 bits per heavy atom. The number of rotatable bonds is 3. The lowest BCUT2D eigenvalue weighted by molar-refractivity contribution is -0.384. The van der Waals surface area contributed by atoms with E-state index < -0.39 is 14.8 Å². The third-order valence-electron chi connectivity index (χ3n) is 1.83. The highest BCUT2D eigenvalue weighted by atomic mass is 32.2. The maximum atomic E-state index is 11.1. The van der Waals surface area contributed by atoms with Gasteiger partial charge in [-0.25, -0.2) is 8.42 Å². The largest absolute Gasteiger partial charge is 0.270 e. The predicted molar refractivity (Wildman–Crippen MR) is 57.0 cm³/mol. The van der Waals surface area contributed by atoms with E-state index in [4.69, 9.17) is 0 Å². The Morgan fingerprint density at radius 2 is 2.07 bits per heavy atom. The Hall–Kier alpha value is -1.69. The number of benzene rings is 1. The average molecular weight is 227 g/mol. The maximum absolute atomic E-state index is 11.1. The van der Waals surface area contributed by atoms with E-state index in [9.17, 15) is 18.5 Å². The summed E-state index contributed by atoms with van der Waals surface area (Å²) < 4.78 is 22.3. The summed E-state index contributed by atoms with van der Waals surface area (Å²) in [7, 11) is -3.42. The molecule has 15 heavy (non-hydrogen) atoms. The van der Waals surface area contributed by atoms with Crippen LogP contribution in [0.1, 0.15) is 5.56 Å². The number of nitro benzene ring substituents is 1. The fraction of sp³-hybridized carbons (Fsp3) is 0.111. The van der Waals surface area contributed by atoms with Crippen LogP contribution in [0.5, 0.6) is 0 Å². The average Bonchev–Trinajstić information content (AvgIpc) is 2.15. The van der Waals surface area contributed by atoms with Crippen LogP contribution < -0.4 is 0 Å². The molecule has 6 heteroatoms. The van der Waals surface area contributed by atoms with E-state index in [1.807, 2.05) is 0 Å². The molecule has 0 unspecified atom stereocenters. The van der Waals surface area contributed by atoms with Gasteiger partial charge in [-0.1, -0.05) is 18.7 Å². The zero-order valence-corrected chi connectivity index (χ0v) is 8.82. The van der Waals surface area contributed by atoms with E-state index in [0.29, 0.717) is 0 Å². The molecule has 0 saturated carbocycles. The lowest BCUT2D eigenvalue weighted by atomic mass is 10.2. The van der Waals surface area contributed by atoms with Gasteiger partial charge in [-0.3, -0.25) is 10.1 Å². The van der Waals surface area contributed by atoms with Crippen LogP contribution in [0.25, 0.3) is 4.91 Å². The van der Waals surface area contributed by atoms with Crippen LogP contribution in [0.15, 0.2) is 30.8 Å². The molecule has 0 atom stereocenters. The van der Waals surface area contributed by atoms with Crippen molar-refractivity contribution in [3.05, 3.63) is 46.5 Å². The van der Waals surface area contributed by atoms with Gasteiger partial charge in [0.05, 0.1) is 9.83 Å². The smallest absolute Gasteiger partial charge is 0.258 e. The molecular weight excluding hydrogens is 218 g/mol. The van der Waals surface area contributed by atoms with Crippen LogP contribution in [-0.2, 0) is 9.84 Å². The summed E-state index contributed by atoms with van der Waals surface area (Å²) in [6.45, 7) is 3.39. The molecule has 80 valence electrons. The molecule has 0 heterocycles. The highest BCUT2D eigenvalue weighted by molar-refractivity contribution is 7.99. The molecule has 1 aromatic rings. The second-order valence-electron chi connectivity index (χ2n) is 3.00. The van der Waals surface area contributed by atoms with Crippen LogP contribution in [-0.4, -0.2) is 19.6 Å². The monoisotopic (exact) mass is 227 g/mol. The molecule has 0 fully saturated rings. The molecule has 0 aliphatic carbocycles. The quantitative estimate of drug-likeness (QED) is 0.580. The minimum atomic E-state index is -3.42. The van der Waals surface area contributed by atoms with E-state index in [1.54, 1.807) is 0 Å². The zero-order chi connectivity index (χ0) is 11.6. The molecule has 5 nitrogen and oxygen atoms in total. The SMILES string of the molecule is C=C(c1cccc([N+](=O)[O-])c1)S(C)(=O)=O. The summed E-state index contributed by atoms with van der Waals surface area (Å²) >= 11 is 0. The second kappa shape index (κ2) is 3.82. The molecule has 0 bridgehead atoms. The van der Waals surface area contributed by atoms with Crippen molar-refractivity contribution in [3.8, 4) is 0 Å². The Bertz CT molecular complexity index is 519. The predicted octanol–water partition coefficient (Wildman–Crippen LogP) is 1.61. The van der Waals surface area contributed by atoms with Gasteiger partial charge in [-0.2, -0.15) is 0 Å². The molecule has 1 aromatic carbocycles. The minimum Gasteiger partial charge on any atom is -0.258 e. The topological polar surface area (TPSA) is 77.3 Å². The fourth-order valence-electron chi connectivity index (χ4n) is 1.01. The molecule has 0 N–H and O–H groups in total. The Balaban J connectivity index is 3.23. The van der Waals surface area contributed by atoms with E-state index in [-0.39, 0.29) is 16.2 Å². The minimum absolute atomic E-state index is 0.119. The Kier molecular flexibility index (Phi) is 2.90. The van der Waals surface area contributed by atoms with Crippen molar-refractivity contribution in [3.63, 3.8) is 0 Å². The van der Waals surface area contributed by atoms with E-state index in [2.05, 4.69) is 6.58 Å². The van der Waals surface area contributed by atoms with Gasteiger partial charge in [0, 0.05) is 18.4 Å². The summed E-state index contributed by atoms with van der Waals surface area (Å²) in [6.07, 6.45) is 1.01. The Labute approximate surface area is 87.1 Å². The summed E-state index contributed by atoms with van der Waals surface area (Å²) in [5.41, 5.74) is 0.0870. The van der Waals surface area contributed by atoms with Crippen molar-refractivity contribution in [2.75, 3.05) is 6.26 Å². The van der Waals surface area contributed by atoms with Gasteiger partial charge in [0.1, 0.15) is 0 Å².